The van der Waals surface area contributed by atoms with Gasteiger partial charge in [0.15, 0.2) is 15.9 Å². The number of carbonyl (C=O) groups excluding carboxylic acids is 1. The first-order chi connectivity index (χ1) is 9.54. The molecule has 2 atom stereocenters. The Bertz CT molecular complexity index is 671. The van der Waals surface area contributed by atoms with E-state index in [0.29, 0.717) is 0 Å². The normalized spacial score (nSPS) is 14.3. The summed E-state index contributed by atoms with van der Waals surface area (Å²) >= 11 is 0. The van der Waals surface area contributed by atoms with Crippen molar-refractivity contribution in [3.8, 4) is 0 Å². The fourth-order valence-corrected chi connectivity index (χ4v) is 2.05. The average molecular weight is 317 g/mol. The van der Waals surface area contributed by atoms with E-state index in [1.54, 1.807) is 0 Å². The van der Waals surface area contributed by atoms with Crippen LogP contribution in [-0.4, -0.2) is 36.9 Å². The summed E-state index contributed by atoms with van der Waals surface area (Å²) in [7, 11) is -3.64. The second kappa shape index (κ2) is 6.21. The summed E-state index contributed by atoms with van der Waals surface area (Å²) in [5.41, 5.74) is 0.389. The lowest BCUT2D eigenvalue weighted by Crippen LogP contribution is -2.42. The number of nitrogens with one attached hydrogen (secondary N) is 1. The van der Waals surface area contributed by atoms with Gasteiger partial charge in [-0.1, -0.05) is 12.1 Å². The van der Waals surface area contributed by atoms with Gasteiger partial charge in [-0.15, -0.1) is 0 Å². The minimum atomic E-state index is -3.64. The summed E-state index contributed by atoms with van der Waals surface area (Å²) in [5.74, 6) is -2.79. The predicted octanol–water partition coefficient (Wildman–Crippen LogP) is 0.809. The molecule has 0 spiro atoms. The summed E-state index contributed by atoms with van der Waals surface area (Å²) in [6.45, 7) is 2.62. The van der Waals surface area contributed by atoms with Crippen LogP contribution in [0.25, 0.3) is 0 Å². The van der Waals surface area contributed by atoms with Gasteiger partial charge in [-0.2, -0.15) is 0 Å². The number of sulfone groups is 1. The first kappa shape index (κ1) is 17.1. The molecule has 0 heterocycles. The van der Waals surface area contributed by atoms with Crippen molar-refractivity contribution in [2.75, 3.05) is 6.26 Å². The molecule has 1 aromatic rings. The van der Waals surface area contributed by atoms with Crippen molar-refractivity contribution in [1.82, 2.24) is 5.32 Å². The van der Waals surface area contributed by atoms with Gasteiger partial charge in [0.2, 0.25) is 5.91 Å². The number of rotatable bonds is 5. The summed E-state index contributed by atoms with van der Waals surface area (Å²) in [6, 6.07) is 2.17. The number of aliphatic carboxylic acids is 1. The maximum Gasteiger partial charge on any atom is 0.330 e. The summed E-state index contributed by atoms with van der Waals surface area (Å²) in [5, 5.41) is 9.93. The average Bonchev–Trinajstić information content (AvgIpc) is 2.36. The van der Waals surface area contributed by atoms with Crippen LogP contribution in [0.2, 0.25) is 0 Å². The van der Waals surface area contributed by atoms with Crippen LogP contribution >= 0.6 is 0 Å². The fraction of sp³-hybridized carbons (Fsp3) is 0.385. The molecule has 2 unspecified atom stereocenters. The number of hydrogen-bond acceptors (Lipinski definition) is 4. The number of halogens is 1. The Morgan fingerprint density at radius 3 is 2.33 bits per heavy atom. The molecule has 21 heavy (non-hydrogen) atoms. The highest BCUT2D eigenvalue weighted by Gasteiger charge is 2.29. The van der Waals surface area contributed by atoms with Crippen molar-refractivity contribution in [2.24, 2.45) is 0 Å². The van der Waals surface area contributed by atoms with Gasteiger partial charge in [-0.25, -0.2) is 17.6 Å². The number of carbonyl (C=O) groups is 2. The van der Waals surface area contributed by atoms with Crippen molar-refractivity contribution >= 4 is 21.7 Å². The number of hydrogen-bond donors (Lipinski definition) is 2. The molecule has 116 valence electrons. The van der Waals surface area contributed by atoms with Gasteiger partial charge in [0.1, 0.15) is 11.1 Å². The monoisotopic (exact) mass is 317 g/mol. The van der Waals surface area contributed by atoms with E-state index in [0.717, 1.165) is 12.3 Å². The molecule has 1 rings (SSSR count). The van der Waals surface area contributed by atoms with Crippen LogP contribution in [0, 0.1) is 12.7 Å². The lowest BCUT2D eigenvalue weighted by atomic mass is 10.0. The van der Waals surface area contributed by atoms with Crippen molar-refractivity contribution < 1.29 is 27.5 Å². The third-order valence-electron chi connectivity index (χ3n) is 3.06. The molecule has 0 aliphatic heterocycles. The van der Waals surface area contributed by atoms with Gasteiger partial charge in [-0.05, 0) is 31.0 Å². The minimum Gasteiger partial charge on any atom is -0.479 e. The van der Waals surface area contributed by atoms with E-state index in [1.165, 1.54) is 26.0 Å². The molecule has 0 aliphatic rings. The second-order valence-electron chi connectivity index (χ2n) is 4.76. The lowest BCUT2D eigenvalue weighted by molar-refractivity contribution is -0.141. The van der Waals surface area contributed by atoms with Gasteiger partial charge < -0.3 is 10.4 Å². The van der Waals surface area contributed by atoms with Gasteiger partial charge in [0.25, 0.3) is 0 Å². The van der Waals surface area contributed by atoms with E-state index in [-0.39, 0.29) is 11.1 Å². The van der Waals surface area contributed by atoms with E-state index in [4.69, 9.17) is 5.11 Å². The molecule has 6 nitrogen and oxygen atoms in total. The molecule has 1 amide bonds. The first-order valence-electron chi connectivity index (χ1n) is 6.02. The topological polar surface area (TPSA) is 101 Å². The fourth-order valence-electron chi connectivity index (χ4n) is 1.59. The highest BCUT2D eigenvalue weighted by atomic mass is 32.2. The van der Waals surface area contributed by atoms with E-state index >= 15 is 0 Å². The predicted molar refractivity (Wildman–Crippen MR) is 74.0 cm³/mol. The third kappa shape index (κ3) is 4.25. The van der Waals surface area contributed by atoms with Crippen molar-refractivity contribution in [3.05, 3.63) is 35.1 Å². The van der Waals surface area contributed by atoms with Crippen LogP contribution in [0.1, 0.15) is 24.1 Å². The molecule has 0 saturated heterocycles. The number of carboxylic acid groups (broad SMARTS) is 1. The van der Waals surface area contributed by atoms with Gasteiger partial charge in [-0.3, -0.25) is 4.79 Å². The zero-order valence-corrected chi connectivity index (χ0v) is 12.6. The molecular formula is C13H16FNO5S. The van der Waals surface area contributed by atoms with Crippen LogP contribution in [0.5, 0.6) is 0 Å². The van der Waals surface area contributed by atoms with Crippen LogP contribution in [0.3, 0.4) is 0 Å². The van der Waals surface area contributed by atoms with Crippen LogP contribution in [-0.2, 0) is 19.4 Å². The highest BCUT2D eigenvalue weighted by molar-refractivity contribution is 7.92. The molecule has 0 saturated carbocycles. The quantitative estimate of drug-likeness (QED) is 0.837. The van der Waals surface area contributed by atoms with E-state index in [9.17, 15) is 22.4 Å². The highest BCUT2D eigenvalue weighted by Crippen LogP contribution is 2.18. The summed E-state index contributed by atoms with van der Waals surface area (Å²) < 4.78 is 35.8. The van der Waals surface area contributed by atoms with Gasteiger partial charge in [0.05, 0.1) is 0 Å². The van der Waals surface area contributed by atoms with Gasteiger partial charge >= 0.3 is 5.97 Å². The smallest absolute Gasteiger partial charge is 0.330 e. The van der Waals surface area contributed by atoms with Crippen LogP contribution in [0.4, 0.5) is 4.39 Å². The minimum absolute atomic E-state index is 0.162. The Kier molecular flexibility index (Phi) is 5.06. The summed E-state index contributed by atoms with van der Waals surface area (Å²) in [4.78, 5) is 23.0. The first-order valence-corrected chi connectivity index (χ1v) is 7.97. The molecule has 0 aliphatic carbocycles. The number of aryl methyl sites for hydroxylation is 1. The maximum atomic E-state index is 13.2. The standard InChI is InChI=1S/C13H16FNO5S/c1-7-6-9(4-5-10(7)14)11(13(17)18)15-12(16)8(2)21(3,19)20/h4-6,8,11H,1-3H3,(H,15,16)(H,17,18). The third-order valence-corrected chi connectivity index (χ3v) is 4.56. The zero-order valence-electron chi connectivity index (χ0n) is 11.8. The Morgan fingerprint density at radius 1 is 1.33 bits per heavy atom. The molecule has 0 fully saturated rings. The largest absolute Gasteiger partial charge is 0.479 e. The molecule has 0 aromatic heterocycles. The number of benzene rings is 1. The zero-order chi connectivity index (χ0) is 16.4. The van der Waals surface area contributed by atoms with Crippen LogP contribution in [0.15, 0.2) is 18.2 Å². The van der Waals surface area contributed by atoms with E-state index in [1.807, 2.05) is 0 Å². The van der Waals surface area contributed by atoms with Gasteiger partial charge in [0, 0.05) is 6.26 Å². The van der Waals surface area contributed by atoms with Crippen molar-refractivity contribution in [3.63, 3.8) is 0 Å². The molecular weight excluding hydrogens is 301 g/mol. The summed E-state index contributed by atoms with van der Waals surface area (Å²) in [6.07, 6.45) is 0.884. The Morgan fingerprint density at radius 2 is 1.90 bits per heavy atom. The SMILES string of the molecule is Cc1cc(C(NC(=O)C(C)S(C)(=O)=O)C(=O)O)ccc1F. The second-order valence-corrected chi connectivity index (χ2v) is 7.13. The van der Waals surface area contributed by atoms with Crippen LogP contribution < -0.4 is 5.32 Å². The molecule has 0 radical (unpaired) electrons. The Labute approximate surface area is 121 Å². The molecule has 2 N–H and O–H groups in total. The Balaban J connectivity index is 3.06. The molecule has 1 aromatic carbocycles. The number of carboxylic acids is 1. The Hall–Kier alpha value is -1.96. The van der Waals surface area contributed by atoms with E-state index < -0.39 is 38.8 Å². The van der Waals surface area contributed by atoms with E-state index in [2.05, 4.69) is 5.32 Å². The molecule has 0 bridgehead atoms. The lowest BCUT2D eigenvalue weighted by Gasteiger charge is -2.18. The maximum absolute atomic E-state index is 13.2. The van der Waals surface area contributed by atoms with Crippen molar-refractivity contribution in [2.45, 2.75) is 25.1 Å². The van der Waals surface area contributed by atoms with Crippen molar-refractivity contribution in [1.29, 1.82) is 0 Å². The number of amides is 1. The molecule has 8 heteroatoms.